The molecule has 1 heterocycles. The van der Waals surface area contributed by atoms with E-state index in [-0.39, 0.29) is 11.9 Å². The van der Waals surface area contributed by atoms with Crippen LogP contribution in [0.5, 0.6) is 0 Å². The normalized spacial score (nSPS) is 10.3. The third kappa shape index (κ3) is 4.29. The molecule has 2 rings (SSSR count). The summed E-state index contributed by atoms with van der Waals surface area (Å²) in [6.45, 7) is 3.78. The fourth-order valence-electron chi connectivity index (χ4n) is 2.01. The quantitative estimate of drug-likeness (QED) is 0.830. The van der Waals surface area contributed by atoms with E-state index in [1.807, 2.05) is 13.8 Å². The monoisotopic (exact) mass is 313 g/mol. The number of hydrogen-bond acceptors (Lipinski definition) is 5. The second-order valence-electron chi connectivity index (χ2n) is 5.25. The molecule has 0 saturated heterocycles. The topological polar surface area (TPSA) is 80.3 Å². The molecule has 1 aromatic heterocycles. The Hall–Kier alpha value is -2.89. The van der Waals surface area contributed by atoms with Crippen LogP contribution in [0.4, 0.5) is 11.4 Å². The summed E-state index contributed by atoms with van der Waals surface area (Å²) in [5.74, 6) is -0.632. The van der Waals surface area contributed by atoms with E-state index in [4.69, 9.17) is 4.74 Å². The largest absolute Gasteiger partial charge is 0.465 e. The molecule has 120 valence electrons. The van der Waals surface area contributed by atoms with E-state index >= 15 is 0 Å². The lowest BCUT2D eigenvalue weighted by Crippen LogP contribution is -2.30. The van der Waals surface area contributed by atoms with E-state index in [2.05, 4.69) is 15.6 Å². The molecule has 0 saturated carbocycles. The molecule has 1 amide bonds. The van der Waals surface area contributed by atoms with Crippen molar-refractivity contribution in [1.82, 2.24) is 10.3 Å². The van der Waals surface area contributed by atoms with Crippen LogP contribution in [0, 0.1) is 0 Å². The van der Waals surface area contributed by atoms with Gasteiger partial charge in [0.1, 0.15) is 0 Å². The summed E-state index contributed by atoms with van der Waals surface area (Å²) >= 11 is 0. The number of rotatable bonds is 5. The lowest BCUT2D eigenvalue weighted by Gasteiger charge is -2.12. The van der Waals surface area contributed by atoms with Crippen molar-refractivity contribution in [3.8, 4) is 0 Å². The molecule has 0 fully saturated rings. The van der Waals surface area contributed by atoms with Gasteiger partial charge in [-0.2, -0.15) is 0 Å². The van der Waals surface area contributed by atoms with Crippen molar-refractivity contribution in [3.05, 3.63) is 53.9 Å². The van der Waals surface area contributed by atoms with Crippen molar-refractivity contribution in [1.29, 1.82) is 0 Å². The van der Waals surface area contributed by atoms with Crippen molar-refractivity contribution >= 4 is 23.3 Å². The smallest absolute Gasteiger partial charge is 0.339 e. The molecule has 2 N–H and O–H groups in total. The summed E-state index contributed by atoms with van der Waals surface area (Å²) < 4.78 is 4.76. The highest BCUT2D eigenvalue weighted by Gasteiger charge is 2.12. The summed E-state index contributed by atoms with van der Waals surface area (Å²) in [5, 5.41) is 5.90. The highest BCUT2D eigenvalue weighted by Crippen LogP contribution is 2.21. The van der Waals surface area contributed by atoms with Gasteiger partial charge in [0, 0.05) is 12.2 Å². The predicted octanol–water partition coefficient (Wildman–Crippen LogP) is 2.75. The SMILES string of the molecule is COC(=O)c1ccccc1Nc1cncc(C(=O)NC(C)C)c1. The van der Waals surface area contributed by atoms with E-state index in [0.717, 1.165) is 0 Å². The van der Waals surface area contributed by atoms with Crippen molar-refractivity contribution in [3.63, 3.8) is 0 Å². The minimum atomic E-state index is -0.435. The van der Waals surface area contributed by atoms with Crippen LogP contribution in [-0.2, 0) is 4.74 Å². The number of nitrogens with zero attached hydrogens (tertiary/aromatic N) is 1. The van der Waals surface area contributed by atoms with E-state index in [1.165, 1.54) is 13.3 Å². The number of pyridine rings is 1. The van der Waals surface area contributed by atoms with Gasteiger partial charge in [0.15, 0.2) is 0 Å². The Kier molecular flexibility index (Phi) is 5.30. The summed E-state index contributed by atoms with van der Waals surface area (Å²) in [6, 6.07) is 8.70. The average Bonchev–Trinajstić information content (AvgIpc) is 2.54. The average molecular weight is 313 g/mol. The minimum absolute atomic E-state index is 0.0409. The second kappa shape index (κ2) is 7.40. The van der Waals surface area contributed by atoms with Gasteiger partial charge in [-0.1, -0.05) is 12.1 Å². The molecule has 0 radical (unpaired) electrons. The zero-order chi connectivity index (χ0) is 16.8. The van der Waals surface area contributed by atoms with Crippen molar-refractivity contribution in [2.45, 2.75) is 19.9 Å². The molecule has 0 aliphatic carbocycles. The first-order chi connectivity index (χ1) is 11.0. The minimum Gasteiger partial charge on any atom is -0.465 e. The van der Waals surface area contributed by atoms with Crippen LogP contribution in [-0.4, -0.2) is 30.0 Å². The van der Waals surface area contributed by atoms with Gasteiger partial charge in [0.05, 0.1) is 35.8 Å². The van der Waals surface area contributed by atoms with Crippen molar-refractivity contribution in [2.24, 2.45) is 0 Å². The Balaban J connectivity index is 2.25. The maximum Gasteiger partial charge on any atom is 0.339 e. The van der Waals surface area contributed by atoms with Crippen LogP contribution in [0.3, 0.4) is 0 Å². The maximum absolute atomic E-state index is 12.0. The van der Waals surface area contributed by atoms with Crippen LogP contribution < -0.4 is 10.6 Å². The zero-order valence-electron chi connectivity index (χ0n) is 13.3. The summed E-state index contributed by atoms with van der Waals surface area (Å²) in [5.41, 5.74) is 2.05. The van der Waals surface area contributed by atoms with Crippen molar-refractivity contribution in [2.75, 3.05) is 12.4 Å². The van der Waals surface area contributed by atoms with Crippen LogP contribution in [0.2, 0.25) is 0 Å². The Bertz CT molecular complexity index is 714. The van der Waals surface area contributed by atoms with Crippen LogP contribution in [0.25, 0.3) is 0 Å². The first-order valence-electron chi connectivity index (χ1n) is 7.21. The molecule has 6 heteroatoms. The molecule has 2 aromatic rings. The van der Waals surface area contributed by atoms with Crippen LogP contribution in [0.1, 0.15) is 34.6 Å². The molecule has 0 aliphatic rings. The van der Waals surface area contributed by atoms with Gasteiger partial charge in [-0.25, -0.2) is 4.79 Å². The van der Waals surface area contributed by atoms with Crippen LogP contribution in [0.15, 0.2) is 42.7 Å². The third-order valence-electron chi connectivity index (χ3n) is 3.03. The molecule has 1 aromatic carbocycles. The Morgan fingerprint density at radius 1 is 1.17 bits per heavy atom. The lowest BCUT2D eigenvalue weighted by molar-refractivity contribution is 0.0601. The van der Waals surface area contributed by atoms with E-state index in [1.54, 1.807) is 36.5 Å². The number of nitrogens with one attached hydrogen (secondary N) is 2. The van der Waals surface area contributed by atoms with Gasteiger partial charge in [-0.05, 0) is 32.0 Å². The Morgan fingerprint density at radius 2 is 1.91 bits per heavy atom. The summed E-state index contributed by atoms with van der Waals surface area (Å²) in [6.07, 6.45) is 3.08. The fraction of sp³-hybridized carbons (Fsp3) is 0.235. The number of ether oxygens (including phenoxy) is 1. The predicted molar refractivity (Wildman–Crippen MR) is 87.9 cm³/mol. The van der Waals surface area contributed by atoms with E-state index in [0.29, 0.717) is 22.5 Å². The standard InChI is InChI=1S/C17H19N3O3/c1-11(2)19-16(21)12-8-13(10-18-9-12)20-15-7-5-4-6-14(15)17(22)23-3/h4-11,20H,1-3H3,(H,19,21). The number of amides is 1. The molecule has 23 heavy (non-hydrogen) atoms. The van der Waals surface area contributed by atoms with Gasteiger partial charge in [-0.15, -0.1) is 0 Å². The number of esters is 1. The Morgan fingerprint density at radius 3 is 2.61 bits per heavy atom. The number of benzene rings is 1. The summed E-state index contributed by atoms with van der Waals surface area (Å²) in [7, 11) is 1.33. The van der Waals surface area contributed by atoms with Gasteiger partial charge < -0.3 is 15.4 Å². The highest BCUT2D eigenvalue weighted by molar-refractivity contribution is 5.97. The fourth-order valence-corrected chi connectivity index (χ4v) is 2.01. The number of para-hydroxylation sites is 1. The molecule has 0 unspecified atom stereocenters. The maximum atomic E-state index is 12.0. The van der Waals surface area contributed by atoms with Crippen LogP contribution >= 0.6 is 0 Å². The first-order valence-corrected chi connectivity index (χ1v) is 7.21. The first kappa shape index (κ1) is 16.5. The summed E-state index contributed by atoms with van der Waals surface area (Å²) in [4.78, 5) is 27.9. The molecule has 0 bridgehead atoms. The molecular formula is C17H19N3O3. The second-order valence-corrected chi connectivity index (χ2v) is 5.25. The number of carbonyl (C=O) groups excluding carboxylic acids is 2. The third-order valence-corrected chi connectivity index (χ3v) is 3.03. The van der Waals surface area contributed by atoms with Gasteiger partial charge in [0.2, 0.25) is 0 Å². The van der Waals surface area contributed by atoms with E-state index < -0.39 is 5.97 Å². The number of anilines is 2. The van der Waals surface area contributed by atoms with Gasteiger partial charge in [0.25, 0.3) is 5.91 Å². The van der Waals surface area contributed by atoms with Gasteiger partial charge >= 0.3 is 5.97 Å². The number of hydrogen-bond donors (Lipinski definition) is 2. The Labute approximate surface area is 134 Å². The zero-order valence-corrected chi connectivity index (χ0v) is 13.3. The lowest BCUT2D eigenvalue weighted by atomic mass is 10.1. The number of methoxy groups -OCH3 is 1. The number of aromatic nitrogens is 1. The van der Waals surface area contributed by atoms with E-state index in [9.17, 15) is 9.59 Å². The molecule has 0 aliphatic heterocycles. The molecule has 0 spiro atoms. The molecular weight excluding hydrogens is 294 g/mol. The highest BCUT2D eigenvalue weighted by atomic mass is 16.5. The number of carbonyl (C=O) groups is 2. The van der Waals surface area contributed by atoms with Crippen molar-refractivity contribution < 1.29 is 14.3 Å². The van der Waals surface area contributed by atoms with Gasteiger partial charge in [-0.3, -0.25) is 9.78 Å². The molecule has 6 nitrogen and oxygen atoms in total. The molecule has 0 atom stereocenters.